The first-order chi connectivity index (χ1) is 10.6. The molecule has 0 amide bonds. The van der Waals surface area contributed by atoms with Gasteiger partial charge in [0, 0.05) is 4.88 Å². The zero-order valence-electron chi connectivity index (χ0n) is 13.1. The second-order valence-electron chi connectivity index (χ2n) is 6.17. The van der Waals surface area contributed by atoms with E-state index in [0.717, 1.165) is 16.2 Å². The maximum atomic E-state index is 12.5. The van der Waals surface area contributed by atoms with E-state index in [9.17, 15) is 18.3 Å². The SMILES string of the molecule is CC(C)(C)c1ccc(S(=O)(=O)N[C@H](C(=O)O)c2ccccc2)s1. The van der Waals surface area contributed by atoms with Crippen LogP contribution in [0.5, 0.6) is 0 Å². The highest BCUT2D eigenvalue weighted by Gasteiger charge is 2.29. The van der Waals surface area contributed by atoms with Gasteiger partial charge in [-0.25, -0.2) is 8.42 Å². The van der Waals surface area contributed by atoms with Crippen LogP contribution in [0.15, 0.2) is 46.7 Å². The number of hydrogen-bond acceptors (Lipinski definition) is 4. The van der Waals surface area contributed by atoms with Crippen LogP contribution in [-0.2, 0) is 20.2 Å². The molecule has 0 aliphatic heterocycles. The molecule has 2 rings (SSSR count). The molecule has 0 aliphatic rings. The van der Waals surface area contributed by atoms with Crippen LogP contribution >= 0.6 is 11.3 Å². The van der Waals surface area contributed by atoms with Crippen molar-refractivity contribution >= 4 is 27.3 Å². The Morgan fingerprint density at radius 1 is 1.13 bits per heavy atom. The molecular weight excluding hydrogens is 334 g/mol. The highest BCUT2D eigenvalue weighted by atomic mass is 32.2. The summed E-state index contributed by atoms with van der Waals surface area (Å²) >= 11 is 1.15. The monoisotopic (exact) mass is 353 g/mol. The molecule has 0 radical (unpaired) electrons. The topological polar surface area (TPSA) is 83.5 Å². The standard InChI is InChI=1S/C16H19NO4S2/c1-16(2,3)12-9-10-13(22-12)23(20,21)17-14(15(18)19)11-7-5-4-6-8-11/h4-10,14,17H,1-3H3,(H,18,19)/t14-/m0/s1. The molecule has 0 unspecified atom stereocenters. The third-order valence-electron chi connectivity index (χ3n) is 3.24. The first-order valence-electron chi connectivity index (χ1n) is 7.01. The van der Waals surface area contributed by atoms with Crippen LogP contribution in [-0.4, -0.2) is 19.5 Å². The van der Waals surface area contributed by atoms with Crippen molar-refractivity contribution in [2.45, 2.75) is 36.4 Å². The molecule has 1 atom stereocenters. The van der Waals surface area contributed by atoms with Gasteiger partial charge in [0.25, 0.3) is 10.0 Å². The summed E-state index contributed by atoms with van der Waals surface area (Å²) in [5, 5.41) is 9.35. The van der Waals surface area contributed by atoms with E-state index < -0.39 is 22.0 Å². The minimum absolute atomic E-state index is 0.115. The second-order valence-corrected chi connectivity index (χ2v) is 9.20. The van der Waals surface area contributed by atoms with Gasteiger partial charge in [0.2, 0.25) is 0 Å². The number of carboxylic acid groups (broad SMARTS) is 1. The zero-order chi connectivity index (χ0) is 17.3. The molecule has 2 aromatic rings. The molecule has 0 spiro atoms. The maximum absolute atomic E-state index is 12.5. The number of rotatable bonds is 5. The fourth-order valence-corrected chi connectivity index (χ4v) is 4.55. The van der Waals surface area contributed by atoms with Crippen molar-refractivity contribution in [3.63, 3.8) is 0 Å². The lowest BCUT2D eigenvalue weighted by Gasteiger charge is -2.16. The number of sulfonamides is 1. The summed E-state index contributed by atoms with van der Waals surface area (Å²) in [4.78, 5) is 12.4. The van der Waals surface area contributed by atoms with Crippen LogP contribution < -0.4 is 4.72 Å². The van der Waals surface area contributed by atoms with E-state index in [0.29, 0.717) is 5.56 Å². The summed E-state index contributed by atoms with van der Waals surface area (Å²) in [5.41, 5.74) is 0.223. The number of thiophene rings is 1. The number of nitrogens with one attached hydrogen (secondary N) is 1. The lowest BCUT2D eigenvalue weighted by molar-refractivity contribution is -0.139. The van der Waals surface area contributed by atoms with Gasteiger partial charge in [-0.2, -0.15) is 4.72 Å². The average molecular weight is 353 g/mol. The number of carbonyl (C=O) groups is 1. The van der Waals surface area contributed by atoms with Crippen LogP contribution in [0.4, 0.5) is 0 Å². The van der Waals surface area contributed by atoms with E-state index >= 15 is 0 Å². The minimum atomic E-state index is -3.90. The molecule has 1 aromatic carbocycles. The smallest absolute Gasteiger partial charge is 0.326 e. The Bertz CT molecular complexity index is 789. The van der Waals surface area contributed by atoms with Gasteiger partial charge in [-0.3, -0.25) is 4.79 Å². The summed E-state index contributed by atoms with van der Waals surface area (Å²) < 4.78 is 27.4. The number of benzene rings is 1. The van der Waals surface area contributed by atoms with Crippen molar-refractivity contribution in [2.75, 3.05) is 0 Å². The molecule has 5 nitrogen and oxygen atoms in total. The predicted octanol–water partition coefficient (Wildman–Crippen LogP) is 3.15. The van der Waals surface area contributed by atoms with Crippen LogP contribution in [0.1, 0.15) is 37.3 Å². The molecule has 1 heterocycles. The summed E-state index contributed by atoms with van der Waals surface area (Å²) in [6, 6.07) is 10.2. The van der Waals surface area contributed by atoms with Crippen molar-refractivity contribution < 1.29 is 18.3 Å². The Morgan fingerprint density at radius 2 is 1.74 bits per heavy atom. The van der Waals surface area contributed by atoms with Crippen LogP contribution in [0.2, 0.25) is 0 Å². The molecule has 23 heavy (non-hydrogen) atoms. The summed E-state index contributed by atoms with van der Waals surface area (Å²) in [7, 11) is -3.90. The molecule has 1 aromatic heterocycles. The maximum Gasteiger partial charge on any atom is 0.326 e. The van der Waals surface area contributed by atoms with Crippen molar-refractivity contribution in [2.24, 2.45) is 0 Å². The van der Waals surface area contributed by atoms with Gasteiger partial charge in [-0.1, -0.05) is 51.1 Å². The normalized spacial score (nSPS) is 13.7. The first-order valence-corrected chi connectivity index (χ1v) is 9.31. The summed E-state index contributed by atoms with van der Waals surface area (Å²) in [5.74, 6) is -1.24. The zero-order valence-corrected chi connectivity index (χ0v) is 14.7. The van der Waals surface area contributed by atoms with Crippen LogP contribution in [0.3, 0.4) is 0 Å². The van der Waals surface area contributed by atoms with E-state index in [4.69, 9.17) is 0 Å². The van der Waals surface area contributed by atoms with E-state index in [-0.39, 0.29) is 9.62 Å². The van der Waals surface area contributed by atoms with Gasteiger partial charge in [0.15, 0.2) is 0 Å². The van der Waals surface area contributed by atoms with Crippen molar-refractivity contribution in [3.05, 3.63) is 52.9 Å². The van der Waals surface area contributed by atoms with Crippen molar-refractivity contribution in [1.82, 2.24) is 4.72 Å². The highest BCUT2D eigenvalue weighted by molar-refractivity contribution is 7.91. The molecule has 7 heteroatoms. The minimum Gasteiger partial charge on any atom is -0.480 e. The Labute approximate surface area is 140 Å². The lowest BCUT2D eigenvalue weighted by atomic mass is 9.95. The molecule has 0 saturated carbocycles. The van der Waals surface area contributed by atoms with Crippen molar-refractivity contribution in [1.29, 1.82) is 0 Å². The van der Waals surface area contributed by atoms with E-state index in [1.807, 2.05) is 20.8 Å². The van der Waals surface area contributed by atoms with Gasteiger partial charge < -0.3 is 5.11 Å². The predicted molar refractivity (Wildman–Crippen MR) is 90.2 cm³/mol. The van der Waals surface area contributed by atoms with Gasteiger partial charge >= 0.3 is 5.97 Å². The average Bonchev–Trinajstić information content (AvgIpc) is 2.96. The third-order valence-corrected chi connectivity index (χ3v) is 6.66. The Balaban J connectivity index is 2.32. The van der Waals surface area contributed by atoms with Crippen molar-refractivity contribution in [3.8, 4) is 0 Å². The Morgan fingerprint density at radius 3 is 2.22 bits per heavy atom. The fourth-order valence-electron chi connectivity index (χ4n) is 1.99. The number of hydrogen-bond donors (Lipinski definition) is 2. The van der Waals surface area contributed by atoms with Gasteiger partial charge in [-0.05, 0) is 23.1 Å². The van der Waals surface area contributed by atoms with Gasteiger partial charge in [0.05, 0.1) is 0 Å². The van der Waals surface area contributed by atoms with Crippen LogP contribution in [0, 0.1) is 0 Å². The largest absolute Gasteiger partial charge is 0.480 e. The Hall–Kier alpha value is -1.70. The molecule has 0 aliphatic carbocycles. The fraction of sp³-hybridized carbons (Fsp3) is 0.312. The summed E-state index contributed by atoms with van der Waals surface area (Å²) in [6.07, 6.45) is 0. The van der Waals surface area contributed by atoms with Gasteiger partial charge in [-0.15, -0.1) is 11.3 Å². The second kappa shape index (κ2) is 6.43. The van der Waals surface area contributed by atoms with E-state index in [1.54, 1.807) is 36.4 Å². The third kappa shape index (κ3) is 4.19. The number of aliphatic carboxylic acids is 1. The number of carboxylic acids is 1. The first kappa shape index (κ1) is 17.7. The van der Waals surface area contributed by atoms with Gasteiger partial charge in [0.1, 0.15) is 10.3 Å². The molecule has 2 N–H and O–H groups in total. The lowest BCUT2D eigenvalue weighted by Crippen LogP contribution is -2.33. The molecule has 0 bridgehead atoms. The quantitative estimate of drug-likeness (QED) is 0.865. The van der Waals surface area contributed by atoms with E-state index in [1.165, 1.54) is 6.07 Å². The molecule has 0 saturated heterocycles. The molecular formula is C16H19NO4S2. The van der Waals surface area contributed by atoms with Crippen LogP contribution in [0.25, 0.3) is 0 Å². The summed E-state index contributed by atoms with van der Waals surface area (Å²) in [6.45, 7) is 5.98. The highest BCUT2D eigenvalue weighted by Crippen LogP contribution is 2.32. The molecule has 124 valence electrons. The Kier molecular flexibility index (Phi) is 4.93. The van der Waals surface area contributed by atoms with E-state index in [2.05, 4.69) is 4.72 Å². The molecule has 0 fully saturated rings.